The van der Waals surface area contributed by atoms with Crippen molar-refractivity contribution in [2.24, 2.45) is 0 Å². The van der Waals surface area contributed by atoms with Gasteiger partial charge >= 0.3 is 0 Å². The summed E-state index contributed by atoms with van der Waals surface area (Å²) >= 11 is 7.13. The zero-order valence-electron chi connectivity index (χ0n) is 9.51. The van der Waals surface area contributed by atoms with Crippen LogP contribution in [0.25, 0.3) is 20.9 Å². The summed E-state index contributed by atoms with van der Waals surface area (Å²) in [5.41, 5.74) is 8.90. The highest BCUT2D eigenvalue weighted by Crippen LogP contribution is 2.47. The fourth-order valence-corrected chi connectivity index (χ4v) is 5.11. The molecule has 0 aliphatic rings. The minimum atomic E-state index is 0.597. The van der Waals surface area contributed by atoms with Crippen LogP contribution >= 0.6 is 56.6 Å². The molecule has 2 N–H and O–H groups in total. The maximum absolute atomic E-state index is 9.19. The monoisotopic (exact) mass is 414 g/mol. The van der Waals surface area contributed by atoms with Gasteiger partial charge in [0.2, 0.25) is 0 Å². The molecule has 3 rings (SSSR count). The smallest absolute Gasteiger partial charge is 0.129 e. The van der Waals surface area contributed by atoms with Crippen LogP contribution in [0, 0.1) is 14.2 Å². The van der Waals surface area contributed by atoms with Gasteiger partial charge in [-0.05, 0) is 40.1 Å². The molecule has 0 saturated heterocycles. The summed E-state index contributed by atoms with van der Waals surface area (Å²) in [6.07, 6.45) is 0. The van der Waals surface area contributed by atoms with Crippen molar-refractivity contribution in [3.63, 3.8) is 0 Å². The summed E-state index contributed by atoms with van der Waals surface area (Å²) in [4.78, 5) is 2.81. The molecule has 0 aliphatic carbocycles. The van der Waals surface area contributed by atoms with Crippen LogP contribution in [0.4, 0.5) is 5.69 Å². The topological polar surface area (TPSA) is 49.8 Å². The molecule has 0 aromatic carbocycles. The number of nitriles is 1. The summed E-state index contributed by atoms with van der Waals surface area (Å²) in [6.45, 7) is 0. The number of rotatable bonds is 2. The van der Waals surface area contributed by atoms with E-state index in [2.05, 4.69) is 40.1 Å². The van der Waals surface area contributed by atoms with Gasteiger partial charge < -0.3 is 5.73 Å². The van der Waals surface area contributed by atoms with E-state index in [-0.39, 0.29) is 0 Å². The Labute approximate surface area is 136 Å². The third kappa shape index (κ3) is 2.31. The minimum Gasteiger partial charge on any atom is -0.396 e. The number of hydrogen-bond donors (Lipinski definition) is 1. The van der Waals surface area contributed by atoms with E-state index in [9.17, 15) is 5.26 Å². The van der Waals surface area contributed by atoms with Crippen molar-refractivity contribution >= 4 is 62.3 Å². The van der Waals surface area contributed by atoms with Crippen LogP contribution in [-0.4, -0.2) is 0 Å². The predicted molar refractivity (Wildman–Crippen MR) is 92.8 cm³/mol. The number of nitrogens with two attached hydrogens (primary N) is 1. The third-order valence-electron chi connectivity index (χ3n) is 2.64. The molecule has 0 radical (unpaired) electrons. The van der Waals surface area contributed by atoms with Crippen molar-refractivity contribution in [1.82, 2.24) is 0 Å². The van der Waals surface area contributed by atoms with E-state index < -0.39 is 0 Å². The van der Waals surface area contributed by atoms with E-state index in [1.807, 2.05) is 17.5 Å². The second kappa shape index (κ2) is 5.25. The van der Waals surface area contributed by atoms with E-state index in [1.54, 1.807) is 22.7 Å². The van der Waals surface area contributed by atoms with Gasteiger partial charge in [-0.25, -0.2) is 0 Å². The van der Waals surface area contributed by atoms with Crippen molar-refractivity contribution < 1.29 is 0 Å². The number of nitrogens with zero attached hydrogens (tertiary/aromatic N) is 1. The molecule has 3 aromatic heterocycles. The summed E-state index contributed by atoms with van der Waals surface area (Å²) in [7, 11) is 0. The number of thiophene rings is 3. The number of halogens is 1. The SMILES string of the molecule is N#Cc1sc(-c2csc(I)c2)c(-c2cccs2)c1N. The van der Waals surface area contributed by atoms with Gasteiger partial charge in [0.1, 0.15) is 10.9 Å². The van der Waals surface area contributed by atoms with Crippen molar-refractivity contribution in [1.29, 1.82) is 5.26 Å². The van der Waals surface area contributed by atoms with Gasteiger partial charge in [-0.3, -0.25) is 0 Å². The van der Waals surface area contributed by atoms with Crippen LogP contribution in [0.15, 0.2) is 29.0 Å². The molecular formula is C13H7IN2S3. The van der Waals surface area contributed by atoms with Crippen LogP contribution in [0.5, 0.6) is 0 Å². The Morgan fingerprint density at radius 1 is 1.32 bits per heavy atom. The van der Waals surface area contributed by atoms with Crippen LogP contribution in [0.1, 0.15) is 4.88 Å². The lowest BCUT2D eigenvalue weighted by Gasteiger charge is -2.00. The van der Waals surface area contributed by atoms with Crippen LogP contribution in [0.2, 0.25) is 0 Å². The zero-order chi connectivity index (χ0) is 13.4. The summed E-state index contributed by atoms with van der Waals surface area (Å²) in [6, 6.07) is 8.38. The molecule has 6 heteroatoms. The highest BCUT2D eigenvalue weighted by Gasteiger charge is 2.20. The Kier molecular flexibility index (Phi) is 3.62. The summed E-state index contributed by atoms with van der Waals surface area (Å²) < 4.78 is 1.23. The van der Waals surface area contributed by atoms with E-state index in [4.69, 9.17) is 5.73 Å². The Bertz CT molecular complexity index is 763. The standard InChI is InChI=1S/C13H7IN2S3/c14-10-4-7(6-18-10)13-11(8-2-1-3-17-8)12(16)9(5-15)19-13/h1-4,6H,16H2. The molecule has 0 saturated carbocycles. The van der Waals surface area contributed by atoms with Crippen molar-refractivity contribution in [3.8, 4) is 27.0 Å². The van der Waals surface area contributed by atoms with Gasteiger partial charge in [-0.2, -0.15) is 5.26 Å². The summed E-state index contributed by atoms with van der Waals surface area (Å²) in [5.74, 6) is 0. The van der Waals surface area contributed by atoms with E-state index in [0.717, 1.165) is 20.9 Å². The van der Waals surface area contributed by atoms with Crippen LogP contribution in [0.3, 0.4) is 0 Å². The fraction of sp³-hybridized carbons (Fsp3) is 0. The average molecular weight is 414 g/mol. The number of nitrogen functional groups attached to an aromatic ring is 1. The molecule has 19 heavy (non-hydrogen) atoms. The number of anilines is 1. The summed E-state index contributed by atoms with van der Waals surface area (Å²) in [5, 5.41) is 13.3. The van der Waals surface area contributed by atoms with Gasteiger partial charge in [0.05, 0.1) is 8.57 Å². The lowest BCUT2D eigenvalue weighted by molar-refractivity contribution is 1.52. The first-order valence-electron chi connectivity index (χ1n) is 5.31. The minimum absolute atomic E-state index is 0.597. The average Bonchev–Trinajstić information content (AvgIpc) is 3.08. The predicted octanol–water partition coefficient (Wildman–Crippen LogP) is 5.26. The highest BCUT2D eigenvalue weighted by atomic mass is 127. The Balaban J connectivity index is 2.27. The maximum atomic E-state index is 9.19. The molecule has 2 nitrogen and oxygen atoms in total. The van der Waals surface area contributed by atoms with Crippen LogP contribution in [-0.2, 0) is 0 Å². The first-order valence-corrected chi connectivity index (χ1v) is 8.97. The lowest BCUT2D eigenvalue weighted by atomic mass is 10.1. The second-order valence-electron chi connectivity index (χ2n) is 3.78. The van der Waals surface area contributed by atoms with Gasteiger partial charge in [-0.1, -0.05) is 6.07 Å². The molecule has 0 aliphatic heterocycles. The van der Waals surface area contributed by atoms with Gasteiger partial charge in [0, 0.05) is 26.3 Å². The van der Waals surface area contributed by atoms with E-state index in [0.29, 0.717) is 10.6 Å². The first kappa shape index (κ1) is 13.1. The van der Waals surface area contributed by atoms with Gasteiger partial charge in [0.15, 0.2) is 0 Å². The Morgan fingerprint density at radius 2 is 2.16 bits per heavy atom. The molecule has 0 fully saturated rings. The molecule has 0 amide bonds. The third-order valence-corrected chi connectivity index (χ3v) is 6.48. The second-order valence-corrected chi connectivity index (χ2v) is 8.55. The maximum Gasteiger partial charge on any atom is 0.129 e. The zero-order valence-corrected chi connectivity index (χ0v) is 14.1. The number of hydrogen-bond acceptors (Lipinski definition) is 5. The fourth-order valence-electron chi connectivity index (χ4n) is 1.82. The quantitative estimate of drug-likeness (QED) is 0.582. The Hall–Kier alpha value is -0.880. The van der Waals surface area contributed by atoms with Gasteiger partial charge in [0.25, 0.3) is 0 Å². The lowest BCUT2D eigenvalue weighted by Crippen LogP contribution is -1.87. The normalized spacial score (nSPS) is 10.5. The molecule has 0 unspecified atom stereocenters. The van der Waals surface area contributed by atoms with Crippen molar-refractivity contribution in [3.05, 3.63) is 36.7 Å². The molecule has 0 atom stereocenters. The molecule has 0 spiro atoms. The molecule has 3 aromatic rings. The Morgan fingerprint density at radius 3 is 2.74 bits per heavy atom. The molecule has 0 bridgehead atoms. The first-order chi connectivity index (χ1) is 9.20. The van der Waals surface area contributed by atoms with Crippen LogP contribution < -0.4 is 5.73 Å². The molecule has 3 heterocycles. The van der Waals surface area contributed by atoms with Crippen molar-refractivity contribution in [2.45, 2.75) is 0 Å². The molecule has 94 valence electrons. The van der Waals surface area contributed by atoms with E-state index >= 15 is 0 Å². The highest BCUT2D eigenvalue weighted by molar-refractivity contribution is 14.1. The van der Waals surface area contributed by atoms with Gasteiger partial charge in [-0.15, -0.1) is 34.0 Å². The largest absolute Gasteiger partial charge is 0.396 e. The van der Waals surface area contributed by atoms with E-state index in [1.165, 1.54) is 14.2 Å². The molecular weight excluding hydrogens is 407 g/mol. The van der Waals surface area contributed by atoms with Crippen molar-refractivity contribution in [2.75, 3.05) is 5.73 Å².